The van der Waals surface area contributed by atoms with Gasteiger partial charge in [0.1, 0.15) is 11.5 Å². The van der Waals surface area contributed by atoms with Crippen molar-refractivity contribution in [2.45, 2.75) is 57.2 Å². The summed E-state index contributed by atoms with van der Waals surface area (Å²) in [4.78, 5) is 11.6. The van der Waals surface area contributed by atoms with Gasteiger partial charge >= 0.3 is 0 Å². The highest BCUT2D eigenvalue weighted by molar-refractivity contribution is 5.80. The summed E-state index contributed by atoms with van der Waals surface area (Å²) in [5.41, 5.74) is 2.99. The van der Waals surface area contributed by atoms with Gasteiger partial charge in [0, 0.05) is 30.9 Å². The van der Waals surface area contributed by atoms with Gasteiger partial charge in [-0.1, -0.05) is 11.6 Å². The zero-order valence-electron chi connectivity index (χ0n) is 19.2. The molecule has 3 aromatic rings. The number of anilines is 1. The molecule has 2 saturated carbocycles. The third-order valence-corrected chi connectivity index (χ3v) is 7.77. The minimum absolute atomic E-state index is 0.235. The average Bonchev–Trinajstić information content (AvgIpc) is 3.57. The first kappa shape index (κ1) is 21.7. The lowest BCUT2D eigenvalue weighted by Gasteiger charge is -2.28. The minimum atomic E-state index is -0.291. The van der Waals surface area contributed by atoms with E-state index in [1.165, 1.54) is 37.8 Å². The number of nitrogens with zero attached hydrogens (tertiary/aromatic N) is 4. The number of nitrogens with one attached hydrogen (secondary N) is 1. The Labute approximate surface area is 198 Å². The second-order valence-electron chi connectivity index (χ2n) is 10.0. The first-order chi connectivity index (χ1) is 16.6. The number of likely N-dealkylation sites (tertiary alicyclic amines) is 1. The number of halogens is 1. The molecule has 2 unspecified atom stereocenters. The maximum atomic E-state index is 13.6. The van der Waals surface area contributed by atoms with Crippen LogP contribution in [0.1, 0.15) is 44.3 Å². The topological polar surface area (TPSA) is 87.3 Å². The fourth-order valence-corrected chi connectivity index (χ4v) is 5.94. The van der Waals surface area contributed by atoms with E-state index in [9.17, 15) is 9.50 Å². The third kappa shape index (κ3) is 4.32. The summed E-state index contributed by atoms with van der Waals surface area (Å²) in [5.74, 6) is 2.62. The van der Waals surface area contributed by atoms with Gasteiger partial charge < -0.3 is 14.9 Å². The Morgan fingerprint density at radius 3 is 2.62 bits per heavy atom. The number of hydrogen-bond acceptors (Lipinski definition) is 7. The smallest absolute Gasteiger partial charge is 0.223 e. The molecule has 1 aromatic carbocycles. The van der Waals surface area contributed by atoms with Crippen LogP contribution in [0.5, 0.6) is 0 Å². The van der Waals surface area contributed by atoms with Crippen LogP contribution in [0.25, 0.3) is 22.5 Å². The lowest BCUT2D eigenvalue weighted by Crippen LogP contribution is -2.35. The molecule has 0 radical (unpaired) electrons. The number of benzene rings is 1. The van der Waals surface area contributed by atoms with Crippen LogP contribution in [0.4, 0.5) is 10.3 Å². The van der Waals surface area contributed by atoms with Crippen molar-refractivity contribution in [2.24, 2.45) is 11.8 Å². The summed E-state index contributed by atoms with van der Waals surface area (Å²) in [7, 11) is 0. The molecule has 3 aliphatic rings. The fourth-order valence-electron chi connectivity index (χ4n) is 5.94. The molecule has 0 amide bonds. The van der Waals surface area contributed by atoms with Crippen LogP contribution in [0.2, 0.25) is 0 Å². The normalized spacial score (nSPS) is 25.2. The predicted molar refractivity (Wildman–Crippen MR) is 126 cm³/mol. The quantitative estimate of drug-likeness (QED) is 0.557. The summed E-state index contributed by atoms with van der Waals surface area (Å²) < 4.78 is 19.4. The van der Waals surface area contributed by atoms with Gasteiger partial charge in [-0.2, -0.15) is 0 Å². The number of piperidine rings is 1. The van der Waals surface area contributed by atoms with Crippen molar-refractivity contribution >= 4 is 5.95 Å². The van der Waals surface area contributed by atoms with E-state index in [1.807, 2.05) is 6.07 Å². The van der Waals surface area contributed by atoms with Gasteiger partial charge in [-0.3, -0.25) is 4.90 Å². The zero-order valence-corrected chi connectivity index (χ0v) is 19.2. The molecule has 3 atom stereocenters. The molecule has 2 aliphatic carbocycles. The predicted octanol–water partition coefficient (Wildman–Crippen LogP) is 4.49. The van der Waals surface area contributed by atoms with Crippen LogP contribution in [-0.2, 0) is 6.54 Å². The van der Waals surface area contributed by atoms with E-state index in [0.717, 1.165) is 54.4 Å². The third-order valence-electron chi connectivity index (χ3n) is 7.77. The van der Waals surface area contributed by atoms with Crippen molar-refractivity contribution in [2.75, 3.05) is 18.4 Å². The molecular weight excluding hydrogens is 433 g/mol. The molecule has 8 heteroatoms. The van der Waals surface area contributed by atoms with E-state index in [1.54, 1.807) is 18.3 Å². The van der Waals surface area contributed by atoms with Crippen LogP contribution < -0.4 is 5.32 Å². The fraction of sp³-hybridized carbons (Fsp3) is 0.500. The van der Waals surface area contributed by atoms with Crippen molar-refractivity contribution in [1.82, 2.24) is 20.0 Å². The van der Waals surface area contributed by atoms with Crippen LogP contribution in [0, 0.1) is 17.7 Å². The molecule has 1 aliphatic heterocycles. The molecule has 2 N–H and O–H groups in total. The van der Waals surface area contributed by atoms with E-state index >= 15 is 0 Å². The van der Waals surface area contributed by atoms with E-state index in [-0.39, 0.29) is 11.9 Å². The van der Waals surface area contributed by atoms with Gasteiger partial charge in [-0.05, 0) is 74.3 Å². The van der Waals surface area contributed by atoms with E-state index < -0.39 is 0 Å². The minimum Gasteiger partial charge on any atom is -0.393 e. The lowest BCUT2D eigenvalue weighted by atomic mass is 9.95. The van der Waals surface area contributed by atoms with Gasteiger partial charge in [-0.15, -0.1) is 0 Å². The zero-order chi connectivity index (χ0) is 23.1. The first-order valence-corrected chi connectivity index (χ1v) is 12.4. The molecule has 1 saturated heterocycles. The van der Waals surface area contributed by atoms with Crippen LogP contribution in [-0.4, -0.2) is 50.4 Å². The van der Waals surface area contributed by atoms with E-state index in [2.05, 4.69) is 20.4 Å². The van der Waals surface area contributed by atoms with Crippen molar-refractivity contribution in [3.63, 3.8) is 0 Å². The Morgan fingerprint density at radius 1 is 1.06 bits per heavy atom. The number of aliphatic hydroxyl groups is 1. The van der Waals surface area contributed by atoms with Crippen molar-refractivity contribution in [3.8, 4) is 22.5 Å². The highest BCUT2D eigenvalue weighted by atomic mass is 19.1. The van der Waals surface area contributed by atoms with Gasteiger partial charge in [0.15, 0.2) is 5.76 Å². The average molecular weight is 464 g/mol. The lowest BCUT2D eigenvalue weighted by molar-refractivity contribution is 0.0750. The van der Waals surface area contributed by atoms with E-state index in [0.29, 0.717) is 30.1 Å². The summed E-state index contributed by atoms with van der Waals surface area (Å²) >= 11 is 0. The van der Waals surface area contributed by atoms with Crippen LogP contribution in [0.15, 0.2) is 41.1 Å². The van der Waals surface area contributed by atoms with Gasteiger partial charge in [0.05, 0.1) is 23.9 Å². The Balaban J connectivity index is 1.33. The second kappa shape index (κ2) is 9.07. The molecule has 3 heterocycles. The number of aliphatic hydroxyl groups excluding tert-OH is 1. The maximum absolute atomic E-state index is 13.6. The van der Waals surface area contributed by atoms with Crippen molar-refractivity contribution in [1.29, 1.82) is 0 Å². The molecule has 34 heavy (non-hydrogen) atoms. The number of aromatic nitrogens is 3. The van der Waals surface area contributed by atoms with Gasteiger partial charge in [0.2, 0.25) is 5.95 Å². The molecule has 7 nitrogen and oxygen atoms in total. The Hall–Kier alpha value is -2.84. The first-order valence-electron chi connectivity index (χ1n) is 12.4. The SMILES string of the molecule is OC1CCN(Cc2onc(-c3ccc(F)cc3)c2-c2ccnc(N[C@H]3CC4CCC3C4)n2)CC1. The Kier molecular flexibility index (Phi) is 5.79. The molecular formula is C26H30FN5O2. The van der Waals surface area contributed by atoms with E-state index in [4.69, 9.17) is 9.51 Å². The van der Waals surface area contributed by atoms with Crippen molar-refractivity contribution < 1.29 is 14.0 Å². The molecule has 6 rings (SSSR count). The largest absolute Gasteiger partial charge is 0.393 e. The molecule has 0 spiro atoms. The molecule has 178 valence electrons. The summed E-state index contributed by atoms with van der Waals surface area (Å²) in [5, 5.41) is 17.8. The van der Waals surface area contributed by atoms with Crippen molar-refractivity contribution in [3.05, 3.63) is 48.1 Å². The van der Waals surface area contributed by atoms with Gasteiger partial charge in [-0.25, -0.2) is 14.4 Å². The second-order valence-corrected chi connectivity index (χ2v) is 10.0. The molecule has 2 aromatic heterocycles. The summed E-state index contributed by atoms with van der Waals surface area (Å²) in [6.45, 7) is 2.18. The Bertz CT molecular complexity index is 1140. The highest BCUT2D eigenvalue weighted by Crippen LogP contribution is 2.45. The van der Waals surface area contributed by atoms with Crippen LogP contribution >= 0.6 is 0 Å². The Morgan fingerprint density at radius 2 is 1.88 bits per heavy atom. The number of hydrogen-bond donors (Lipinski definition) is 2. The number of rotatable bonds is 6. The molecule has 3 fully saturated rings. The summed E-state index contributed by atoms with van der Waals surface area (Å²) in [6.07, 6.45) is 8.19. The highest BCUT2D eigenvalue weighted by Gasteiger charge is 2.39. The molecule has 2 bridgehead atoms. The number of fused-ring (bicyclic) bond motifs is 2. The van der Waals surface area contributed by atoms with Crippen LogP contribution in [0.3, 0.4) is 0 Å². The summed E-state index contributed by atoms with van der Waals surface area (Å²) in [6, 6.07) is 8.62. The maximum Gasteiger partial charge on any atom is 0.223 e. The monoisotopic (exact) mass is 463 g/mol. The standard InChI is InChI=1S/C26H30FN5O2/c27-19-5-3-17(4-6-19)25-24(23(34-31-25)15-32-11-8-20(33)9-12-32)21-7-10-28-26(29-21)30-22-14-16-1-2-18(22)13-16/h3-7,10,16,18,20,22,33H,1-2,8-9,11-15H2,(H,28,29,30)/t16?,18?,22-/m0/s1. The van der Waals surface area contributed by atoms with Gasteiger partial charge in [0.25, 0.3) is 0 Å².